The molecule has 0 unspecified atom stereocenters. The number of para-hydroxylation sites is 1. The Morgan fingerprint density at radius 1 is 1.07 bits per heavy atom. The summed E-state index contributed by atoms with van der Waals surface area (Å²) in [5.74, 6) is 0.387. The van der Waals surface area contributed by atoms with E-state index in [0.717, 1.165) is 11.3 Å². The Hall–Kier alpha value is -3.61. The van der Waals surface area contributed by atoms with E-state index in [4.69, 9.17) is 4.74 Å². The fraction of sp³-hybridized carbons (Fsp3) is 0.227. The number of benzene rings is 2. The predicted molar refractivity (Wildman–Crippen MR) is 111 cm³/mol. The summed E-state index contributed by atoms with van der Waals surface area (Å²) in [4.78, 5) is 25.2. The molecule has 0 spiro atoms. The maximum atomic E-state index is 12.2. The van der Waals surface area contributed by atoms with E-state index in [1.54, 1.807) is 49.2 Å². The number of aromatic nitrogens is 2. The number of nitrogens with one attached hydrogen (secondary N) is 1. The Bertz CT molecular complexity index is 950. The summed E-state index contributed by atoms with van der Waals surface area (Å²) in [6.45, 7) is -0.0185. The highest BCUT2D eigenvalue weighted by Crippen LogP contribution is 2.16. The number of anilines is 1. The fourth-order valence-electron chi connectivity index (χ4n) is 2.60. The Labute approximate surface area is 169 Å². The minimum Gasteiger partial charge on any atom is -0.484 e. The van der Waals surface area contributed by atoms with Gasteiger partial charge in [-0.05, 0) is 48.4 Å². The maximum Gasteiger partial charge on any atom is 0.259 e. The van der Waals surface area contributed by atoms with Crippen molar-refractivity contribution < 1.29 is 14.3 Å². The predicted octanol–water partition coefficient (Wildman–Crippen LogP) is 2.91. The number of ether oxygens (including phenoxy) is 1. The van der Waals surface area contributed by atoms with Crippen molar-refractivity contribution in [1.82, 2.24) is 14.7 Å². The van der Waals surface area contributed by atoms with Gasteiger partial charge in [0.25, 0.3) is 5.91 Å². The average molecular weight is 392 g/mol. The van der Waals surface area contributed by atoms with Crippen molar-refractivity contribution in [2.75, 3.05) is 26.0 Å². The second-order valence-corrected chi connectivity index (χ2v) is 6.78. The van der Waals surface area contributed by atoms with Gasteiger partial charge in [0.15, 0.2) is 6.61 Å². The highest BCUT2D eigenvalue weighted by atomic mass is 16.5. The zero-order chi connectivity index (χ0) is 20.6. The van der Waals surface area contributed by atoms with Crippen LogP contribution in [0.1, 0.15) is 12.0 Å². The first kappa shape index (κ1) is 20.1. The van der Waals surface area contributed by atoms with E-state index >= 15 is 0 Å². The number of hydrogen-bond acceptors (Lipinski definition) is 4. The van der Waals surface area contributed by atoms with Gasteiger partial charge >= 0.3 is 0 Å². The van der Waals surface area contributed by atoms with Gasteiger partial charge < -0.3 is 15.0 Å². The molecule has 29 heavy (non-hydrogen) atoms. The molecule has 0 aliphatic carbocycles. The van der Waals surface area contributed by atoms with Crippen molar-refractivity contribution in [2.24, 2.45) is 0 Å². The third-order valence-electron chi connectivity index (χ3n) is 4.30. The lowest BCUT2D eigenvalue weighted by molar-refractivity contribution is -0.130. The Morgan fingerprint density at radius 3 is 2.48 bits per heavy atom. The van der Waals surface area contributed by atoms with Gasteiger partial charge in [0.05, 0.1) is 11.9 Å². The van der Waals surface area contributed by atoms with E-state index in [2.05, 4.69) is 10.4 Å². The maximum absolute atomic E-state index is 12.2. The highest BCUT2D eigenvalue weighted by Gasteiger charge is 2.07. The molecule has 3 aromatic rings. The zero-order valence-corrected chi connectivity index (χ0v) is 16.5. The van der Waals surface area contributed by atoms with Gasteiger partial charge in [-0.25, -0.2) is 4.68 Å². The lowest BCUT2D eigenvalue weighted by atomic mass is 10.2. The zero-order valence-electron chi connectivity index (χ0n) is 16.5. The van der Waals surface area contributed by atoms with Gasteiger partial charge in [-0.2, -0.15) is 5.10 Å². The molecule has 0 aliphatic heterocycles. The summed E-state index contributed by atoms with van der Waals surface area (Å²) in [5.41, 5.74) is 2.66. The van der Waals surface area contributed by atoms with Crippen LogP contribution in [0.25, 0.3) is 5.69 Å². The van der Waals surface area contributed by atoms with E-state index in [1.165, 1.54) is 4.90 Å². The number of rotatable bonds is 8. The van der Waals surface area contributed by atoms with Crippen LogP contribution in [0.3, 0.4) is 0 Å². The number of hydrogen-bond donors (Lipinski definition) is 1. The summed E-state index contributed by atoms with van der Waals surface area (Å²) in [6, 6.07) is 16.8. The van der Waals surface area contributed by atoms with E-state index < -0.39 is 0 Å². The molecule has 0 saturated heterocycles. The number of carbonyl (C=O) groups is 2. The minimum atomic E-state index is -0.113. The number of nitrogens with zero attached hydrogens (tertiary/aromatic N) is 3. The average Bonchev–Trinajstić information content (AvgIpc) is 3.21. The van der Waals surface area contributed by atoms with Crippen LogP contribution >= 0.6 is 0 Å². The molecular weight excluding hydrogens is 368 g/mol. The van der Waals surface area contributed by atoms with Gasteiger partial charge in [-0.15, -0.1) is 0 Å². The Morgan fingerprint density at radius 2 is 1.79 bits per heavy atom. The molecule has 0 saturated carbocycles. The Balaban J connectivity index is 1.46. The molecule has 1 aromatic heterocycles. The molecule has 150 valence electrons. The molecule has 0 bridgehead atoms. The minimum absolute atomic E-state index is 0.0185. The van der Waals surface area contributed by atoms with Crippen molar-refractivity contribution in [3.8, 4) is 11.4 Å². The molecule has 7 heteroatoms. The molecule has 0 aliphatic rings. The van der Waals surface area contributed by atoms with E-state index in [9.17, 15) is 9.59 Å². The number of carbonyl (C=O) groups excluding carboxylic acids is 2. The van der Waals surface area contributed by atoms with Crippen molar-refractivity contribution >= 4 is 17.5 Å². The third-order valence-corrected chi connectivity index (χ3v) is 4.30. The SMILES string of the molecule is CN(C)C(=O)COc1ccc(NC(=O)CCc2cnn(-c3ccccc3)c2)cc1. The van der Waals surface area contributed by atoms with Gasteiger partial charge in [0, 0.05) is 32.4 Å². The fourth-order valence-corrected chi connectivity index (χ4v) is 2.60. The van der Waals surface area contributed by atoms with Crippen LogP contribution in [0, 0.1) is 0 Å². The van der Waals surface area contributed by atoms with Gasteiger partial charge in [0.1, 0.15) is 5.75 Å². The van der Waals surface area contributed by atoms with Crippen molar-refractivity contribution in [2.45, 2.75) is 12.8 Å². The highest BCUT2D eigenvalue weighted by molar-refractivity contribution is 5.90. The van der Waals surface area contributed by atoms with Crippen LogP contribution in [0.4, 0.5) is 5.69 Å². The second-order valence-electron chi connectivity index (χ2n) is 6.78. The van der Waals surface area contributed by atoms with Gasteiger partial charge in [-0.1, -0.05) is 18.2 Å². The molecule has 1 N–H and O–H groups in total. The van der Waals surface area contributed by atoms with E-state index in [0.29, 0.717) is 24.3 Å². The standard InChI is InChI=1S/C22H24N4O3/c1-25(2)22(28)16-29-20-11-9-18(10-12-20)24-21(27)13-8-17-14-23-26(15-17)19-6-4-3-5-7-19/h3-7,9-12,14-15H,8,13,16H2,1-2H3,(H,24,27). The largest absolute Gasteiger partial charge is 0.484 e. The third kappa shape index (κ3) is 5.93. The quantitative estimate of drug-likeness (QED) is 0.640. The first-order valence-electron chi connectivity index (χ1n) is 9.33. The summed E-state index contributed by atoms with van der Waals surface area (Å²) in [6.07, 6.45) is 4.67. The van der Waals surface area contributed by atoms with Crippen molar-refractivity contribution in [3.63, 3.8) is 0 Å². The lowest BCUT2D eigenvalue weighted by Gasteiger charge is -2.11. The number of likely N-dealkylation sites (N-methyl/N-ethyl adjacent to an activating group) is 1. The Kier molecular flexibility index (Phi) is 6.63. The van der Waals surface area contributed by atoms with Crippen LogP contribution in [-0.2, 0) is 16.0 Å². The van der Waals surface area contributed by atoms with E-state index in [1.807, 2.05) is 36.5 Å². The molecule has 1 heterocycles. The molecule has 2 aromatic carbocycles. The van der Waals surface area contributed by atoms with Gasteiger partial charge in [-0.3, -0.25) is 9.59 Å². The first-order valence-corrected chi connectivity index (χ1v) is 9.33. The first-order chi connectivity index (χ1) is 14.0. The van der Waals surface area contributed by atoms with Crippen LogP contribution in [0.5, 0.6) is 5.75 Å². The van der Waals surface area contributed by atoms with Gasteiger partial charge in [0.2, 0.25) is 5.91 Å². The topological polar surface area (TPSA) is 76.5 Å². The number of amides is 2. The molecular formula is C22H24N4O3. The molecule has 2 amide bonds. The van der Waals surface area contributed by atoms with Crippen LogP contribution < -0.4 is 10.1 Å². The van der Waals surface area contributed by atoms with E-state index in [-0.39, 0.29) is 18.4 Å². The molecule has 0 fully saturated rings. The normalized spacial score (nSPS) is 10.4. The summed E-state index contributed by atoms with van der Waals surface area (Å²) in [7, 11) is 3.36. The van der Waals surface area contributed by atoms with Crippen molar-refractivity contribution in [3.05, 3.63) is 72.6 Å². The summed E-state index contributed by atoms with van der Waals surface area (Å²) < 4.78 is 7.22. The van der Waals surface area contributed by atoms with Crippen LogP contribution in [0.2, 0.25) is 0 Å². The number of aryl methyl sites for hydroxylation is 1. The van der Waals surface area contributed by atoms with Crippen molar-refractivity contribution in [1.29, 1.82) is 0 Å². The summed E-state index contributed by atoms with van der Waals surface area (Å²) >= 11 is 0. The monoisotopic (exact) mass is 392 g/mol. The molecule has 7 nitrogen and oxygen atoms in total. The van der Waals surface area contributed by atoms with Crippen LogP contribution in [0.15, 0.2) is 67.0 Å². The van der Waals surface area contributed by atoms with Crippen LogP contribution in [-0.4, -0.2) is 47.2 Å². The lowest BCUT2D eigenvalue weighted by Crippen LogP contribution is -2.27. The molecule has 3 rings (SSSR count). The summed E-state index contributed by atoms with van der Waals surface area (Å²) in [5, 5.41) is 7.21. The smallest absolute Gasteiger partial charge is 0.259 e. The molecule has 0 atom stereocenters. The molecule has 0 radical (unpaired) electrons. The second kappa shape index (κ2) is 9.54.